The summed E-state index contributed by atoms with van der Waals surface area (Å²) >= 11 is 0. The molecule has 2 aromatic rings. The lowest BCUT2D eigenvalue weighted by molar-refractivity contribution is 0.0955. The summed E-state index contributed by atoms with van der Waals surface area (Å²) in [6, 6.07) is 12.1. The predicted molar refractivity (Wildman–Crippen MR) is 101 cm³/mol. The Morgan fingerprint density at radius 3 is 2.72 bits per heavy atom. The number of ether oxygens (including phenoxy) is 1. The zero-order valence-electron chi connectivity index (χ0n) is 15.4. The van der Waals surface area contributed by atoms with Crippen molar-refractivity contribution in [2.45, 2.75) is 46.3 Å². The highest BCUT2D eigenvalue weighted by molar-refractivity contribution is 5.94. The molecular weight excluding hydrogens is 312 g/mol. The summed E-state index contributed by atoms with van der Waals surface area (Å²) in [5, 5.41) is 6.29. The Labute approximate surface area is 149 Å². The van der Waals surface area contributed by atoms with E-state index in [9.17, 15) is 4.79 Å². The molecule has 0 saturated carbocycles. The molecule has 132 valence electrons. The van der Waals surface area contributed by atoms with E-state index in [1.165, 1.54) is 11.1 Å². The SMILES string of the molecule is CCNC(=O)c1ccc(NCc2ccc3c(c2)CC(C)(C)O3)c(C)c1. The van der Waals surface area contributed by atoms with Gasteiger partial charge in [0, 0.05) is 30.8 Å². The second kappa shape index (κ2) is 6.79. The predicted octanol–water partition coefficient (Wildman–Crippen LogP) is 4.07. The van der Waals surface area contributed by atoms with Crippen LogP contribution in [-0.2, 0) is 13.0 Å². The Hall–Kier alpha value is -2.49. The number of rotatable bonds is 5. The molecule has 1 amide bonds. The van der Waals surface area contributed by atoms with E-state index in [-0.39, 0.29) is 11.5 Å². The highest BCUT2D eigenvalue weighted by Gasteiger charge is 2.29. The van der Waals surface area contributed by atoms with Gasteiger partial charge in [-0.05, 0) is 68.7 Å². The van der Waals surface area contributed by atoms with E-state index in [4.69, 9.17) is 4.74 Å². The van der Waals surface area contributed by atoms with Crippen LogP contribution in [0.15, 0.2) is 36.4 Å². The molecule has 0 spiro atoms. The van der Waals surface area contributed by atoms with E-state index in [1.54, 1.807) is 0 Å². The molecule has 0 fully saturated rings. The number of hydrogen-bond donors (Lipinski definition) is 2. The average molecular weight is 338 g/mol. The van der Waals surface area contributed by atoms with Crippen molar-refractivity contribution in [2.24, 2.45) is 0 Å². The van der Waals surface area contributed by atoms with Gasteiger partial charge in [-0.1, -0.05) is 12.1 Å². The summed E-state index contributed by atoms with van der Waals surface area (Å²) in [5.41, 5.74) is 5.20. The van der Waals surface area contributed by atoms with Crippen molar-refractivity contribution in [3.05, 3.63) is 58.7 Å². The van der Waals surface area contributed by atoms with Gasteiger partial charge in [-0.25, -0.2) is 0 Å². The second-order valence-electron chi connectivity index (χ2n) is 7.22. The van der Waals surface area contributed by atoms with Gasteiger partial charge < -0.3 is 15.4 Å². The summed E-state index contributed by atoms with van der Waals surface area (Å²) in [7, 11) is 0. The molecule has 4 heteroatoms. The number of carbonyl (C=O) groups excluding carboxylic acids is 1. The zero-order valence-corrected chi connectivity index (χ0v) is 15.4. The molecule has 0 saturated heterocycles. The monoisotopic (exact) mass is 338 g/mol. The van der Waals surface area contributed by atoms with E-state index in [0.29, 0.717) is 12.1 Å². The maximum Gasteiger partial charge on any atom is 0.251 e. The van der Waals surface area contributed by atoms with E-state index in [2.05, 4.69) is 42.7 Å². The summed E-state index contributed by atoms with van der Waals surface area (Å²) in [6.45, 7) is 9.55. The van der Waals surface area contributed by atoms with Gasteiger partial charge in [0.2, 0.25) is 0 Å². The molecule has 0 bridgehead atoms. The molecule has 1 aliphatic rings. The molecule has 0 aromatic heterocycles. The van der Waals surface area contributed by atoms with Gasteiger partial charge in [0.25, 0.3) is 5.91 Å². The maximum atomic E-state index is 11.9. The molecule has 0 aliphatic carbocycles. The molecule has 0 unspecified atom stereocenters. The average Bonchev–Trinajstić information content (AvgIpc) is 2.86. The number of fused-ring (bicyclic) bond motifs is 1. The quantitative estimate of drug-likeness (QED) is 0.864. The lowest BCUT2D eigenvalue weighted by Gasteiger charge is -2.16. The van der Waals surface area contributed by atoms with Crippen LogP contribution in [0.3, 0.4) is 0 Å². The first-order valence-electron chi connectivity index (χ1n) is 8.81. The van der Waals surface area contributed by atoms with Gasteiger partial charge in [0.15, 0.2) is 0 Å². The molecule has 4 nitrogen and oxygen atoms in total. The summed E-state index contributed by atoms with van der Waals surface area (Å²) in [4.78, 5) is 11.9. The van der Waals surface area contributed by atoms with Crippen LogP contribution < -0.4 is 15.4 Å². The van der Waals surface area contributed by atoms with Crippen molar-refractivity contribution >= 4 is 11.6 Å². The van der Waals surface area contributed by atoms with Crippen molar-refractivity contribution in [3.63, 3.8) is 0 Å². The minimum atomic E-state index is -0.111. The van der Waals surface area contributed by atoms with Crippen LogP contribution in [0.2, 0.25) is 0 Å². The number of benzene rings is 2. The third kappa shape index (κ3) is 3.95. The van der Waals surface area contributed by atoms with Crippen LogP contribution in [0, 0.1) is 6.92 Å². The fourth-order valence-electron chi connectivity index (χ4n) is 3.24. The van der Waals surface area contributed by atoms with Gasteiger partial charge in [-0.2, -0.15) is 0 Å². The van der Waals surface area contributed by atoms with Crippen molar-refractivity contribution in [2.75, 3.05) is 11.9 Å². The Kier molecular flexibility index (Phi) is 4.71. The molecule has 0 radical (unpaired) electrons. The minimum absolute atomic E-state index is 0.0293. The molecule has 2 N–H and O–H groups in total. The lowest BCUT2D eigenvalue weighted by Crippen LogP contribution is -2.24. The number of nitrogens with one attached hydrogen (secondary N) is 2. The standard InChI is InChI=1S/C21H26N2O2/c1-5-22-20(24)16-7-8-18(14(2)10-16)23-13-15-6-9-19-17(11-15)12-21(3,4)25-19/h6-11,23H,5,12-13H2,1-4H3,(H,22,24). The van der Waals surface area contributed by atoms with Crippen molar-refractivity contribution in [3.8, 4) is 5.75 Å². The Morgan fingerprint density at radius 1 is 1.20 bits per heavy atom. The largest absolute Gasteiger partial charge is 0.487 e. The number of hydrogen-bond acceptors (Lipinski definition) is 3. The third-order valence-electron chi connectivity index (χ3n) is 4.44. The first-order chi connectivity index (χ1) is 11.9. The minimum Gasteiger partial charge on any atom is -0.487 e. The Bertz CT molecular complexity index is 796. The van der Waals surface area contributed by atoms with Crippen LogP contribution in [0.4, 0.5) is 5.69 Å². The van der Waals surface area contributed by atoms with Gasteiger partial charge in [-0.3, -0.25) is 4.79 Å². The maximum absolute atomic E-state index is 11.9. The van der Waals surface area contributed by atoms with E-state index in [1.807, 2.05) is 32.0 Å². The zero-order chi connectivity index (χ0) is 18.0. The number of amides is 1. The number of anilines is 1. The second-order valence-corrected chi connectivity index (χ2v) is 7.22. The third-order valence-corrected chi connectivity index (χ3v) is 4.44. The summed E-state index contributed by atoms with van der Waals surface area (Å²) < 4.78 is 5.93. The van der Waals surface area contributed by atoms with E-state index >= 15 is 0 Å². The fourth-order valence-corrected chi connectivity index (χ4v) is 3.24. The highest BCUT2D eigenvalue weighted by Crippen LogP contribution is 2.35. The highest BCUT2D eigenvalue weighted by atomic mass is 16.5. The van der Waals surface area contributed by atoms with Crippen LogP contribution in [-0.4, -0.2) is 18.1 Å². The fraction of sp³-hybridized carbons (Fsp3) is 0.381. The van der Waals surface area contributed by atoms with Crippen molar-refractivity contribution in [1.29, 1.82) is 0 Å². The van der Waals surface area contributed by atoms with E-state index in [0.717, 1.165) is 30.0 Å². The molecule has 25 heavy (non-hydrogen) atoms. The Balaban J connectivity index is 1.67. The van der Waals surface area contributed by atoms with Crippen molar-refractivity contribution in [1.82, 2.24) is 5.32 Å². The molecule has 1 aliphatic heterocycles. The van der Waals surface area contributed by atoms with Gasteiger partial charge in [-0.15, -0.1) is 0 Å². The molecule has 3 rings (SSSR count). The summed E-state index contributed by atoms with van der Waals surface area (Å²) in [5.74, 6) is 0.967. The van der Waals surface area contributed by atoms with Crippen LogP contribution in [0.1, 0.15) is 47.8 Å². The number of aryl methyl sites for hydroxylation is 1. The summed E-state index contributed by atoms with van der Waals surface area (Å²) in [6.07, 6.45) is 0.941. The van der Waals surface area contributed by atoms with Gasteiger partial charge in [0.1, 0.15) is 11.4 Å². The topological polar surface area (TPSA) is 50.4 Å². The first kappa shape index (κ1) is 17.3. The van der Waals surface area contributed by atoms with Crippen molar-refractivity contribution < 1.29 is 9.53 Å². The van der Waals surface area contributed by atoms with Crippen LogP contribution >= 0.6 is 0 Å². The van der Waals surface area contributed by atoms with Crippen LogP contribution in [0.25, 0.3) is 0 Å². The van der Waals surface area contributed by atoms with Gasteiger partial charge >= 0.3 is 0 Å². The van der Waals surface area contributed by atoms with E-state index < -0.39 is 0 Å². The van der Waals surface area contributed by atoms with Crippen LogP contribution in [0.5, 0.6) is 5.75 Å². The lowest BCUT2D eigenvalue weighted by atomic mass is 10.00. The van der Waals surface area contributed by atoms with Gasteiger partial charge in [0.05, 0.1) is 0 Å². The Morgan fingerprint density at radius 2 is 2.00 bits per heavy atom. The molecule has 1 heterocycles. The first-order valence-corrected chi connectivity index (χ1v) is 8.81. The normalized spacial score (nSPS) is 14.6. The molecule has 0 atom stereocenters. The smallest absolute Gasteiger partial charge is 0.251 e. The molecule has 2 aromatic carbocycles. The number of carbonyl (C=O) groups is 1. The molecular formula is C21H26N2O2.